The molecule has 1 aliphatic heterocycles. The fraction of sp³-hybridized carbons (Fsp3) is 0.833. The molecule has 3 atom stereocenters. The molecule has 0 bridgehead atoms. The predicted molar refractivity (Wildman–Crippen MR) is 74.9 cm³/mol. The van der Waals surface area contributed by atoms with E-state index in [1.165, 1.54) is 0 Å². The zero-order valence-corrected chi connectivity index (χ0v) is 12.2. The Bertz CT molecular complexity index is 313. The van der Waals surface area contributed by atoms with Crippen LogP contribution in [0.15, 0.2) is 0 Å². The van der Waals surface area contributed by atoms with Crippen LogP contribution in [0.4, 0.5) is 0 Å². The number of aliphatic hydroxyl groups excluding tert-OH is 1. The lowest BCUT2D eigenvalue weighted by atomic mass is 9.98. The molecule has 6 nitrogen and oxygen atoms in total. The van der Waals surface area contributed by atoms with Crippen molar-refractivity contribution in [1.29, 1.82) is 0 Å². The quantitative estimate of drug-likeness (QED) is 0.563. The van der Waals surface area contributed by atoms with Crippen LogP contribution in [0.2, 0.25) is 0 Å². The van der Waals surface area contributed by atoms with Crippen molar-refractivity contribution in [2.75, 3.05) is 6.54 Å². The van der Waals surface area contributed by atoms with Gasteiger partial charge in [0.15, 0.2) is 0 Å². The molecule has 1 saturated heterocycles. The van der Waals surface area contributed by atoms with Gasteiger partial charge < -0.3 is 21.5 Å². The second-order valence-corrected chi connectivity index (χ2v) is 5.11. The van der Waals surface area contributed by atoms with Gasteiger partial charge in [-0.1, -0.05) is 13.8 Å². The zero-order chi connectivity index (χ0) is 13.7. The highest BCUT2D eigenvalue weighted by molar-refractivity contribution is 5.89. The molecule has 5 N–H and O–H groups in total. The van der Waals surface area contributed by atoms with Gasteiger partial charge in [0.2, 0.25) is 5.91 Å². The largest absolute Gasteiger partial charge is 0.382 e. The molecule has 0 aromatic heterocycles. The first-order valence-corrected chi connectivity index (χ1v) is 6.45. The molecule has 1 aliphatic rings. The minimum Gasteiger partial charge on any atom is -0.382 e. The topological polar surface area (TPSA) is 104 Å². The van der Waals surface area contributed by atoms with Crippen LogP contribution in [0.25, 0.3) is 0 Å². The molecular weight excluding hydrogens is 270 g/mol. The summed E-state index contributed by atoms with van der Waals surface area (Å²) in [4.78, 5) is 23.4. The Morgan fingerprint density at radius 2 is 2.11 bits per heavy atom. The number of hydrogen-bond acceptors (Lipinski definition) is 4. The molecule has 0 radical (unpaired) electrons. The molecule has 0 aliphatic carbocycles. The van der Waals surface area contributed by atoms with E-state index >= 15 is 0 Å². The second kappa shape index (κ2) is 8.35. The van der Waals surface area contributed by atoms with Gasteiger partial charge >= 0.3 is 0 Å². The number of hydrogen-bond donors (Lipinski definition) is 4. The van der Waals surface area contributed by atoms with E-state index < -0.39 is 24.1 Å². The first kappa shape index (κ1) is 18.1. The lowest BCUT2D eigenvalue weighted by Gasteiger charge is -2.23. The molecule has 0 aromatic carbocycles. The minimum absolute atomic E-state index is 0. The zero-order valence-electron chi connectivity index (χ0n) is 11.4. The Hall–Kier alpha value is -0.850. The number of carbonyl (C=O) groups is 2. The lowest BCUT2D eigenvalue weighted by Crippen LogP contribution is -2.54. The highest BCUT2D eigenvalue weighted by Gasteiger charge is 2.29. The first-order valence-electron chi connectivity index (χ1n) is 6.45. The van der Waals surface area contributed by atoms with Crippen LogP contribution in [0, 0.1) is 5.92 Å². The molecule has 1 rings (SSSR count). The Balaban J connectivity index is 0.00000324. The molecule has 112 valence electrons. The summed E-state index contributed by atoms with van der Waals surface area (Å²) in [6.45, 7) is 4.30. The smallest absolute Gasteiger partial charge is 0.251 e. The van der Waals surface area contributed by atoms with Crippen LogP contribution in [0.3, 0.4) is 0 Å². The third kappa shape index (κ3) is 5.34. The minimum atomic E-state index is -1.28. The highest BCUT2D eigenvalue weighted by atomic mass is 35.5. The summed E-state index contributed by atoms with van der Waals surface area (Å²) in [6, 6.07) is -1.19. The summed E-state index contributed by atoms with van der Waals surface area (Å²) in [5.74, 6) is -0.766. The average Bonchev–Trinajstić information content (AvgIpc) is 2.53. The van der Waals surface area contributed by atoms with E-state index in [4.69, 9.17) is 5.73 Å². The van der Waals surface area contributed by atoms with Gasteiger partial charge in [-0.3, -0.25) is 9.59 Å². The SMILES string of the molecule is CC(C)[C@H](N)[C@@H](O)C(=O)N[C@H]1CCCCNC1=O.Cl. The van der Waals surface area contributed by atoms with Gasteiger partial charge in [-0.2, -0.15) is 0 Å². The molecule has 1 heterocycles. The van der Waals surface area contributed by atoms with Crippen LogP contribution < -0.4 is 16.4 Å². The standard InChI is InChI=1S/C12H23N3O3.ClH/c1-7(2)9(13)10(16)12(18)15-8-5-3-4-6-14-11(8)17;/h7-10,16H,3-6,13H2,1-2H3,(H,14,17)(H,15,18);1H/t8-,9-,10+;/m0./s1. The monoisotopic (exact) mass is 293 g/mol. The van der Waals surface area contributed by atoms with Crippen LogP contribution in [0.5, 0.6) is 0 Å². The van der Waals surface area contributed by atoms with E-state index in [-0.39, 0.29) is 24.2 Å². The molecule has 0 unspecified atom stereocenters. The lowest BCUT2D eigenvalue weighted by molar-refractivity contribution is -0.135. The third-order valence-corrected chi connectivity index (χ3v) is 3.25. The molecule has 1 fully saturated rings. The van der Waals surface area contributed by atoms with E-state index in [1.54, 1.807) is 0 Å². The maximum Gasteiger partial charge on any atom is 0.251 e. The molecular formula is C12H24ClN3O3. The van der Waals surface area contributed by atoms with E-state index in [0.717, 1.165) is 12.8 Å². The number of aliphatic hydroxyl groups is 1. The summed E-state index contributed by atoms with van der Waals surface area (Å²) in [6.07, 6.45) is 1.10. The number of nitrogens with two attached hydrogens (primary N) is 1. The van der Waals surface area contributed by atoms with E-state index in [1.807, 2.05) is 13.8 Å². The van der Waals surface area contributed by atoms with Crippen molar-refractivity contribution in [1.82, 2.24) is 10.6 Å². The van der Waals surface area contributed by atoms with Gasteiger partial charge in [0.05, 0.1) is 0 Å². The molecule has 0 aromatic rings. The van der Waals surface area contributed by atoms with E-state index in [2.05, 4.69) is 10.6 Å². The van der Waals surface area contributed by atoms with Crippen molar-refractivity contribution < 1.29 is 14.7 Å². The van der Waals surface area contributed by atoms with Crippen LogP contribution in [-0.2, 0) is 9.59 Å². The molecule has 19 heavy (non-hydrogen) atoms. The number of nitrogens with one attached hydrogen (secondary N) is 2. The third-order valence-electron chi connectivity index (χ3n) is 3.25. The van der Waals surface area contributed by atoms with Crippen LogP contribution >= 0.6 is 12.4 Å². The fourth-order valence-electron chi connectivity index (χ4n) is 1.87. The summed E-state index contributed by atoms with van der Waals surface area (Å²) in [7, 11) is 0. The number of amides is 2. The number of carbonyl (C=O) groups excluding carboxylic acids is 2. The Labute approximate surface area is 119 Å². The fourth-order valence-corrected chi connectivity index (χ4v) is 1.87. The van der Waals surface area contributed by atoms with E-state index in [0.29, 0.717) is 13.0 Å². The Morgan fingerprint density at radius 1 is 1.47 bits per heavy atom. The second-order valence-electron chi connectivity index (χ2n) is 5.11. The molecule has 2 amide bonds. The highest BCUT2D eigenvalue weighted by Crippen LogP contribution is 2.08. The summed E-state index contributed by atoms with van der Waals surface area (Å²) in [5.41, 5.74) is 5.72. The Morgan fingerprint density at radius 3 is 2.68 bits per heavy atom. The van der Waals surface area contributed by atoms with Gasteiger partial charge in [0, 0.05) is 12.6 Å². The van der Waals surface area contributed by atoms with Crippen molar-refractivity contribution in [3.8, 4) is 0 Å². The molecule has 0 spiro atoms. The summed E-state index contributed by atoms with van der Waals surface area (Å²) >= 11 is 0. The van der Waals surface area contributed by atoms with Crippen molar-refractivity contribution in [2.45, 2.75) is 51.3 Å². The molecule has 0 saturated carbocycles. The maximum atomic E-state index is 11.8. The van der Waals surface area contributed by atoms with Crippen molar-refractivity contribution in [2.24, 2.45) is 11.7 Å². The normalized spacial score (nSPS) is 22.8. The summed E-state index contributed by atoms with van der Waals surface area (Å²) < 4.78 is 0. The van der Waals surface area contributed by atoms with Crippen molar-refractivity contribution >= 4 is 24.2 Å². The number of rotatable bonds is 4. The van der Waals surface area contributed by atoms with Gasteiger partial charge in [0.25, 0.3) is 5.91 Å². The Kier molecular flexibility index (Phi) is 7.97. The van der Waals surface area contributed by atoms with Gasteiger partial charge in [-0.25, -0.2) is 0 Å². The van der Waals surface area contributed by atoms with Crippen molar-refractivity contribution in [3.05, 3.63) is 0 Å². The molecule has 7 heteroatoms. The predicted octanol–water partition coefficient (Wildman–Crippen LogP) is -0.463. The number of halogens is 1. The van der Waals surface area contributed by atoms with Crippen molar-refractivity contribution in [3.63, 3.8) is 0 Å². The summed E-state index contributed by atoms with van der Waals surface area (Å²) in [5, 5.41) is 15.1. The van der Waals surface area contributed by atoms with E-state index in [9.17, 15) is 14.7 Å². The van der Waals surface area contributed by atoms with Crippen LogP contribution in [-0.4, -0.2) is 41.7 Å². The van der Waals surface area contributed by atoms with Gasteiger partial charge in [-0.15, -0.1) is 12.4 Å². The van der Waals surface area contributed by atoms with Gasteiger partial charge in [0.1, 0.15) is 12.1 Å². The van der Waals surface area contributed by atoms with Gasteiger partial charge in [-0.05, 0) is 25.2 Å². The first-order chi connectivity index (χ1) is 8.43. The van der Waals surface area contributed by atoms with Crippen LogP contribution in [0.1, 0.15) is 33.1 Å². The maximum absolute atomic E-state index is 11.8. The average molecular weight is 294 g/mol.